The molecule has 0 amide bonds. The first-order valence-corrected chi connectivity index (χ1v) is 6.09. The normalized spacial score (nSPS) is 9.94. The van der Waals surface area contributed by atoms with E-state index in [9.17, 15) is 0 Å². The molecule has 3 nitrogen and oxygen atoms in total. The van der Waals surface area contributed by atoms with Crippen LogP contribution in [0.3, 0.4) is 0 Å². The summed E-state index contributed by atoms with van der Waals surface area (Å²) in [5, 5.41) is 17.7. The maximum Gasteiger partial charge on any atom is 0.120 e. The second-order valence-electron chi connectivity index (χ2n) is 3.74. The fraction of sp³-hybridized carbons (Fsp3) is 0.462. The van der Waals surface area contributed by atoms with Gasteiger partial charge in [0.05, 0.1) is 17.2 Å². The quantitative estimate of drug-likeness (QED) is 0.760. The van der Waals surface area contributed by atoms with Crippen LogP contribution in [0.4, 0.5) is 0 Å². The van der Waals surface area contributed by atoms with Gasteiger partial charge in [-0.05, 0) is 31.4 Å². The topological polar surface area (TPSA) is 53.2 Å². The van der Waals surface area contributed by atoms with Gasteiger partial charge in [-0.2, -0.15) is 5.26 Å². The third-order valence-electron chi connectivity index (χ3n) is 2.38. The van der Waals surface area contributed by atoms with Crippen LogP contribution < -0.4 is 4.74 Å². The van der Waals surface area contributed by atoms with Gasteiger partial charge in [0.25, 0.3) is 0 Å². The Morgan fingerprint density at radius 2 is 2.00 bits per heavy atom. The maximum atomic E-state index is 8.71. The van der Waals surface area contributed by atoms with Crippen molar-refractivity contribution >= 4 is 11.6 Å². The molecule has 0 saturated heterocycles. The summed E-state index contributed by atoms with van der Waals surface area (Å²) in [6, 6.07) is 7.07. The number of unbranched alkanes of at least 4 members (excludes halogenated alkanes) is 3. The number of rotatable bonds is 7. The minimum atomic E-state index is 0.256. The van der Waals surface area contributed by atoms with Gasteiger partial charge in [0, 0.05) is 12.7 Å². The molecule has 0 aliphatic rings. The first-order valence-electron chi connectivity index (χ1n) is 5.71. The van der Waals surface area contributed by atoms with Crippen LogP contribution in [0.25, 0.3) is 0 Å². The molecule has 0 aromatic heterocycles. The first kappa shape index (κ1) is 13.8. The molecule has 0 aliphatic carbocycles. The molecule has 0 aliphatic heterocycles. The smallest absolute Gasteiger partial charge is 0.120 e. The molecule has 17 heavy (non-hydrogen) atoms. The molecule has 0 unspecified atom stereocenters. The van der Waals surface area contributed by atoms with Crippen molar-refractivity contribution in [2.75, 3.05) is 13.2 Å². The summed E-state index contributed by atoms with van der Waals surface area (Å²) in [6.07, 6.45) is 3.87. The average Bonchev–Trinajstić information content (AvgIpc) is 2.34. The molecule has 0 spiro atoms. The van der Waals surface area contributed by atoms with E-state index in [0.29, 0.717) is 22.9 Å². The highest BCUT2D eigenvalue weighted by Crippen LogP contribution is 2.22. The fourth-order valence-electron chi connectivity index (χ4n) is 1.43. The van der Waals surface area contributed by atoms with Crippen LogP contribution in [-0.2, 0) is 0 Å². The van der Waals surface area contributed by atoms with Crippen LogP contribution in [0.5, 0.6) is 5.75 Å². The van der Waals surface area contributed by atoms with Crippen molar-refractivity contribution < 1.29 is 9.84 Å². The minimum Gasteiger partial charge on any atom is -0.494 e. The number of halogens is 1. The van der Waals surface area contributed by atoms with Gasteiger partial charge < -0.3 is 9.84 Å². The Labute approximate surface area is 107 Å². The van der Waals surface area contributed by atoms with Crippen LogP contribution in [0, 0.1) is 11.3 Å². The van der Waals surface area contributed by atoms with Crippen molar-refractivity contribution in [2.24, 2.45) is 0 Å². The second kappa shape index (κ2) is 7.94. The number of aliphatic hydroxyl groups excluding tert-OH is 1. The molecule has 92 valence electrons. The standard InChI is InChI=1S/C13H16ClNO2/c14-13-9-12(6-5-11(13)10-15)17-8-4-2-1-3-7-16/h5-6,9,16H,1-4,7-8H2. The van der Waals surface area contributed by atoms with Crippen molar-refractivity contribution in [3.63, 3.8) is 0 Å². The summed E-state index contributed by atoms with van der Waals surface area (Å²) in [4.78, 5) is 0. The van der Waals surface area contributed by atoms with Crippen molar-refractivity contribution in [1.29, 1.82) is 5.26 Å². The van der Waals surface area contributed by atoms with Crippen molar-refractivity contribution in [1.82, 2.24) is 0 Å². The number of aliphatic hydroxyl groups is 1. The molecular weight excluding hydrogens is 238 g/mol. The largest absolute Gasteiger partial charge is 0.494 e. The predicted molar refractivity (Wildman–Crippen MR) is 67.2 cm³/mol. The number of benzene rings is 1. The van der Waals surface area contributed by atoms with Gasteiger partial charge >= 0.3 is 0 Å². The lowest BCUT2D eigenvalue weighted by molar-refractivity contribution is 0.273. The van der Waals surface area contributed by atoms with Crippen LogP contribution in [0.15, 0.2) is 18.2 Å². The highest BCUT2D eigenvalue weighted by atomic mass is 35.5. The molecule has 1 N–H and O–H groups in total. The van der Waals surface area contributed by atoms with E-state index in [-0.39, 0.29) is 6.61 Å². The van der Waals surface area contributed by atoms with Gasteiger partial charge in [0.2, 0.25) is 0 Å². The van der Waals surface area contributed by atoms with Gasteiger partial charge in [-0.15, -0.1) is 0 Å². The lowest BCUT2D eigenvalue weighted by atomic mass is 10.2. The zero-order valence-electron chi connectivity index (χ0n) is 9.66. The van der Waals surface area contributed by atoms with Crippen molar-refractivity contribution in [3.05, 3.63) is 28.8 Å². The Hall–Kier alpha value is -1.24. The Balaban J connectivity index is 2.28. The van der Waals surface area contributed by atoms with E-state index in [0.717, 1.165) is 25.7 Å². The van der Waals surface area contributed by atoms with Gasteiger partial charge in [0.15, 0.2) is 0 Å². The van der Waals surface area contributed by atoms with E-state index >= 15 is 0 Å². The van der Waals surface area contributed by atoms with E-state index < -0.39 is 0 Å². The first-order chi connectivity index (χ1) is 8.27. The highest BCUT2D eigenvalue weighted by molar-refractivity contribution is 6.31. The Kier molecular flexibility index (Phi) is 6.46. The summed E-state index contributed by atoms with van der Waals surface area (Å²) < 4.78 is 5.51. The lowest BCUT2D eigenvalue weighted by Gasteiger charge is -2.06. The molecule has 0 bridgehead atoms. The van der Waals surface area contributed by atoms with Gasteiger partial charge in [-0.25, -0.2) is 0 Å². The summed E-state index contributed by atoms with van der Waals surface area (Å²) in [5.74, 6) is 0.691. The molecule has 1 rings (SSSR count). The summed E-state index contributed by atoms with van der Waals surface area (Å²) in [5.41, 5.74) is 0.460. The Morgan fingerprint density at radius 1 is 1.24 bits per heavy atom. The zero-order chi connectivity index (χ0) is 12.5. The molecule has 1 aromatic rings. The second-order valence-corrected chi connectivity index (χ2v) is 4.15. The minimum absolute atomic E-state index is 0.256. The molecule has 1 aromatic carbocycles. The summed E-state index contributed by atoms with van der Waals surface area (Å²) >= 11 is 5.88. The highest BCUT2D eigenvalue weighted by Gasteiger charge is 2.01. The molecule has 0 atom stereocenters. The van der Waals surface area contributed by atoms with Gasteiger partial charge in [-0.3, -0.25) is 0 Å². The van der Waals surface area contributed by atoms with E-state index in [4.69, 9.17) is 26.7 Å². The van der Waals surface area contributed by atoms with Gasteiger partial charge in [-0.1, -0.05) is 18.0 Å². The summed E-state index contributed by atoms with van der Waals surface area (Å²) in [6.45, 7) is 0.889. The number of ether oxygens (including phenoxy) is 1. The van der Waals surface area contributed by atoms with Gasteiger partial charge in [0.1, 0.15) is 11.8 Å². The average molecular weight is 254 g/mol. The molecule has 0 radical (unpaired) electrons. The van der Waals surface area contributed by atoms with Crippen molar-refractivity contribution in [2.45, 2.75) is 25.7 Å². The monoisotopic (exact) mass is 253 g/mol. The van der Waals surface area contributed by atoms with E-state index in [1.54, 1.807) is 18.2 Å². The number of hydrogen-bond donors (Lipinski definition) is 1. The van der Waals surface area contributed by atoms with Crippen LogP contribution in [0.2, 0.25) is 5.02 Å². The van der Waals surface area contributed by atoms with E-state index in [2.05, 4.69) is 0 Å². The van der Waals surface area contributed by atoms with Crippen molar-refractivity contribution in [3.8, 4) is 11.8 Å². The molecule has 0 fully saturated rings. The zero-order valence-corrected chi connectivity index (χ0v) is 10.4. The van der Waals surface area contributed by atoms with Crippen LogP contribution >= 0.6 is 11.6 Å². The Morgan fingerprint density at radius 3 is 2.65 bits per heavy atom. The number of nitriles is 1. The maximum absolute atomic E-state index is 8.71. The van der Waals surface area contributed by atoms with E-state index in [1.807, 2.05) is 6.07 Å². The molecule has 0 heterocycles. The fourth-order valence-corrected chi connectivity index (χ4v) is 1.65. The van der Waals surface area contributed by atoms with Crippen LogP contribution in [0.1, 0.15) is 31.2 Å². The number of hydrogen-bond acceptors (Lipinski definition) is 3. The molecular formula is C13H16ClNO2. The predicted octanol–water partition coefficient (Wildman–Crippen LogP) is 3.14. The molecule has 0 saturated carbocycles. The molecule has 4 heteroatoms. The lowest BCUT2D eigenvalue weighted by Crippen LogP contribution is -1.97. The SMILES string of the molecule is N#Cc1ccc(OCCCCCCO)cc1Cl. The van der Waals surface area contributed by atoms with Crippen LogP contribution in [-0.4, -0.2) is 18.3 Å². The summed E-state index contributed by atoms with van der Waals surface area (Å²) in [7, 11) is 0. The third-order valence-corrected chi connectivity index (χ3v) is 2.69. The van der Waals surface area contributed by atoms with E-state index in [1.165, 1.54) is 0 Å². The Bertz CT molecular complexity index is 387. The third kappa shape index (κ3) is 5.08. The number of nitrogens with zero attached hydrogens (tertiary/aromatic N) is 1.